The molecule has 0 aliphatic carbocycles. The van der Waals surface area contributed by atoms with Crippen LogP contribution in [0.3, 0.4) is 0 Å². The van der Waals surface area contributed by atoms with Crippen molar-refractivity contribution in [2.75, 3.05) is 7.11 Å². The van der Waals surface area contributed by atoms with Crippen molar-refractivity contribution in [3.63, 3.8) is 0 Å². The van der Waals surface area contributed by atoms with Crippen LogP contribution >= 0.6 is 0 Å². The second-order valence-corrected chi connectivity index (χ2v) is 5.35. The Bertz CT molecular complexity index is 902. The number of benzene rings is 2. The lowest BCUT2D eigenvalue weighted by Crippen LogP contribution is -2.03. The van der Waals surface area contributed by atoms with Crippen LogP contribution in [0.4, 0.5) is 0 Å². The summed E-state index contributed by atoms with van der Waals surface area (Å²) >= 11 is 0. The number of nitrogens with zero attached hydrogens (tertiary/aromatic N) is 1. The van der Waals surface area contributed by atoms with E-state index in [1.54, 1.807) is 13.3 Å². The van der Waals surface area contributed by atoms with Crippen molar-refractivity contribution in [3.8, 4) is 28.7 Å². The highest BCUT2D eigenvalue weighted by Crippen LogP contribution is 2.51. The van der Waals surface area contributed by atoms with E-state index in [0.29, 0.717) is 11.5 Å². The average molecular weight is 293 g/mol. The fourth-order valence-electron chi connectivity index (χ4n) is 2.85. The fourth-order valence-corrected chi connectivity index (χ4v) is 2.85. The first-order valence-corrected chi connectivity index (χ1v) is 7.09. The maximum Gasteiger partial charge on any atom is 0.174 e. The number of methoxy groups -OCH3 is 1. The second-order valence-electron chi connectivity index (χ2n) is 5.35. The Balaban J connectivity index is 1.96. The highest BCUT2D eigenvalue weighted by Gasteiger charge is 2.25. The molecule has 0 radical (unpaired) electrons. The molecule has 0 N–H and O–H groups in total. The molecule has 3 aromatic rings. The van der Waals surface area contributed by atoms with Crippen LogP contribution < -0.4 is 14.2 Å². The Hall–Kier alpha value is -2.75. The molecule has 22 heavy (non-hydrogen) atoms. The van der Waals surface area contributed by atoms with E-state index in [4.69, 9.17) is 14.2 Å². The summed E-state index contributed by atoms with van der Waals surface area (Å²) in [6, 6.07) is 7.56. The zero-order valence-corrected chi connectivity index (χ0v) is 12.6. The summed E-state index contributed by atoms with van der Waals surface area (Å²) in [5.41, 5.74) is 2.08. The van der Waals surface area contributed by atoms with Crippen LogP contribution in [0, 0.1) is 13.8 Å². The van der Waals surface area contributed by atoms with E-state index in [1.165, 1.54) is 0 Å². The SMILES string of the molecule is COc1ccc2c(c1)Oc1c(c(C)c3cnccc3c1C)O2. The largest absolute Gasteiger partial charge is 0.497 e. The first kappa shape index (κ1) is 13.0. The van der Waals surface area contributed by atoms with Crippen molar-refractivity contribution in [3.05, 3.63) is 47.8 Å². The molecule has 0 saturated heterocycles. The van der Waals surface area contributed by atoms with Crippen LogP contribution in [0.2, 0.25) is 0 Å². The van der Waals surface area contributed by atoms with Gasteiger partial charge in [-0.3, -0.25) is 4.98 Å². The molecule has 2 heterocycles. The number of rotatable bonds is 1. The molecule has 110 valence electrons. The second kappa shape index (κ2) is 4.63. The Labute approximate surface area is 128 Å². The molecule has 0 unspecified atom stereocenters. The van der Waals surface area contributed by atoms with E-state index in [-0.39, 0.29) is 0 Å². The molecule has 4 rings (SSSR count). The molecule has 4 heteroatoms. The first-order chi connectivity index (χ1) is 10.7. The quantitative estimate of drug-likeness (QED) is 0.507. The topological polar surface area (TPSA) is 40.6 Å². The smallest absolute Gasteiger partial charge is 0.174 e. The lowest BCUT2D eigenvalue weighted by Gasteiger charge is -2.25. The number of pyridine rings is 1. The van der Waals surface area contributed by atoms with Gasteiger partial charge in [-0.05, 0) is 37.4 Å². The maximum absolute atomic E-state index is 6.11. The number of aromatic nitrogens is 1. The molecule has 0 amide bonds. The number of ether oxygens (including phenoxy) is 3. The molecule has 1 aliphatic heterocycles. The maximum atomic E-state index is 6.11. The summed E-state index contributed by atoms with van der Waals surface area (Å²) in [6.45, 7) is 4.06. The van der Waals surface area contributed by atoms with Crippen molar-refractivity contribution in [2.45, 2.75) is 13.8 Å². The Morgan fingerprint density at radius 3 is 2.41 bits per heavy atom. The minimum atomic E-state index is 0.669. The number of fused-ring (bicyclic) bond motifs is 3. The van der Waals surface area contributed by atoms with E-state index in [0.717, 1.165) is 39.1 Å². The van der Waals surface area contributed by atoms with Crippen LogP contribution in [0.1, 0.15) is 11.1 Å². The zero-order chi connectivity index (χ0) is 15.3. The highest BCUT2D eigenvalue weighted by molar-refractivity contribution is 5.93. The number of hydrogen-bond acceptors (Lipinski definition) is 4. The summed E-state index contributed by atoms with van der Waals surface area (Å²) in [5, 5.41) is 2.21. The highest BCUT2D eigenvalue weighted by atomic mass is 16.6. The normalized spacial score (nSPS) is 12.1. The monoisotopic (exact) mass is 293 g/mol. The standard InChI is InChI=1S/C18H15NO3/c1-10-13-6-7-19-9-14(13)11(2)18-17(10)22-16-8-12(20-3)4-5-15(16)21-18/h4-9H,1-3H3. The summed E-state index contributed by atoms with van der Waals surface area (Å²) in [5.74, 6) is 3.62. The molecule has 4 nitrogen and oxygen atoms in total. The van der Waals surface area contributed by atoms with Gasteiger partial charge in [0.2, 0.25) is 0 Å². The van der Waals surface area contributed by atoms with Gasteiger partial charge in [-0.1, -0.05) is 0 Å². The van der Waals surface area contributed by atoms with E-state index in [2.05, 4.69) is 4.98 Å². The predicted molar refractivity (Wildman–Crippen MR) is 84.4 cm³/mol. The number of hydrogen-bond donors (Lipinski definition) is 0. The van der Waals surface area contributed by atoms with Gasteiger partial charge >= 0.3 is 0 Å². The van der Waals surface area contributed by atoms with Gasteiger partial charge in [0.1, 0.15) is 5.75 Å². The minimum absolute atomic E-state index is 0.669. The van der Waals surface area contributed by atoms with E-state index in [9.17, 15) is 0 Å². The van der Waals surface area contributed by atoms with Gasteiger partial charge in [-0.25, -0.2) is 0 Å². The summed E-state index contributed by atoms with van der Waals surface area (Å²) in [4.78, 5) is 4.22. The van der Waals surface area contributed by atoms with Gasteiger partial charge in [0, 0.05) is 35.0 Å². The third kappa shape index (κ3) is 1.73. The molecule has 0 atom stereocenters. The Kier molecular flexibility index (Phi) is 2.73. The summed E-state index contributed by atoms with van der Waals surface area (Å²) in [7, 11) is 1.63. The summed E-state index contributed by atoms with van der Waals surface area (Å²) in [6.07, 6.45) is 3.66. The fraction of sp³-hybridized carbons (Fsp3) is 0.167. The molecule has 2 aromatic carbocycles. The lowest BCUT2D eigenvalue weighted by molar-refractivity contribution is 0.350. The van der Waals surface area contributed by atoms with Crippen LogP contribution in [0.15, 0.2) is 36.7 Å². The van der Waals surface area contributed by atoms with Gasteiger partial charge < -0.3 is 14.2 Å². The molecule has 1 aliphatic rings. The number of aryl methyl sites for hydroxylation is 2. The third-order valence-corrected chi connectivity index (χ3v) is 4.09. The zero-order valence-electron chi connectivity index (χ0n) is 12.6. The molecule has 0 spiro atoms. The van der Waals surface area contributed by atoms with E-state index >= 15 is 0 Å². The van der Waals surface area contributed by atoms with E-state index in [1.807, 2.05) is 44.3 Å². The molecular weight excluding hydrogens is 278 g/mol. The minimum Gasteiger partial charge on any atom is -0.497 e. The predicted octanol–water partition coefficient (Wildman–Crippen LogP) is 4.76. The van der Waals surface area contributed by atoms with Crippen LogP contribution in [0.25, 0.3) is 10.8 Å². The van der Waals surface area contributed by atoms with Gasteiger partial charge in [0.15, 0.2) is 23.0 Å². The van der Waals surface area contributed by atoms with Crippen molar-refractivity contribution in [2.24, 2.45) is 0 Å². The van der Waals surface area contributed by atoms with E-state index < -0.39 is 0 Å². The van der Waals surface area contributed by atoms with Crippen molar-refractivity contribution in [1.29, 1.82) is 0 Å². The first-order valence-electron chi connectivity index (χ1n) is 7.09. The van der Waals surface area contributed by atoms with Gasteiger partial charge in [0.25, 0.3) is 0 Å². The Morgan fingerprint density at radius 2 is 1.64 bits per heavy atom. The average Bonchev–Trinajstić information content (AvgIpc) is 2.58. The molecule has 0 fully saturated rings. The third-order valence-electron chi connectivity index (χ3n) is 4.09. The molecule has 0 saturated carbocycles. The van der Waals surface area contributed by atoms with Crippen LogP contribution in [0.5, 0.6) is 28.7 Å². The van der Waals surface area contributed by atoms with Crippen LogP contribution in [-0.2, 0) is 0 Å². The molecular formula is C18H15NO3. The molecule has 1 aromatic heterocycles. The van der Waals surface area contributed by atoms with Crippen LogP contribution in [-0.4, -0.2) is 12.1 Å². The van der Waals surface area contributed by atoms with Crippen molar-refractivity contribution < 1.29 is 14.2 Å². The summed E-state index contributed by atoms with van der Waals surface area (Å²) < 4.78 is 17.5. The van der Waals surface area contributed by atoms with Gasteiger partial charge in [0.05, 0.1) is 7.11 Å². The molecule has 0 bridgehead atoms. The Morgan fingerprint density at radius 1 is 0.909 bits per heavy atom. The van der Waals surface area contributed by atoms with Gasteiger partial charge in [-0.2, -0.15) is 0 Å². The lowest BCUT2D eigenvalue weighted by atomic mass is 10.00. The van der Waals surface area contributed by atoms with Crippen molar-refractivity contribution >= 4 is 10.8 Å². The van der Waals surface area contributed by atoms with Gasteiger partial charge in [-0.15, -0.1) is 0 Å². The van der Waals surface area contributed by atoms with Crippen molar-refractivity contribution in [1.82, 2.24) is 4.98 Å².